The van der Waals surface area contributed by atoms with Crippen molar-refractivity contribution >= 4 is 29.3 Å². The molecule has 1 fully saturated rings. The van der Waals surface area contributed by atoms with E-state index >= 15 is 0 Å². The van der Waals surface area contributed by atoms with Crippen molar-refractivity contribution in [1.29, 1.82) is 0 Å². The SMILES string of the molecule is COCCOCC(=O)N1CCN(c2cnc(N)c(C(=O)Nc3ccccn3)n2)CC1. The number of piperazine rings is 1. The Morgan fingerprint density at radius 1 is 1.17 bits per heavy atom. The second-order valence-corrected chi connectivity index (χ2v) is 6.54. The first-order valence-corrected chi connectivity index (χ1v) is 9.53. The van der Waals surface area contributed by atoms with Crippen LogP contribution in [0, 0.1) is 0 Å². The van der Waals surface area contributed by atoms with Gasteiger partial charge in [0.15, 0.2) is 11.5 Å². The van der Waals surface area contributed by atoms with Crippen molar-refractivity contribution in [2.24, 2.45) is 0 Å². The summed E-state index contributed by atoms with van der Waals surface area (Å²) in [4.78, 5) is 41.0. The smallest absolute Gasteiger partial charge is 0.279 e. The largest absolute Gasteiger partial charge is 0.382 e. The topological polar surface area (TPSA) is 136 Å². The van der Waals surface area contributed by atoms with Crippen LogP contribution in [0.4, 0.5) is 17.5 Å². The molecule has 11 nitrogen and oxygen atoms in total. The Morgan fingerprint density at radius 2 is 1.97 bits per heavy atom. The number of amides is 2. The summed E-state index contributed by atoms with van der Waals surface area (Å²) in [5.41, 5.74) is 5.89. The van der Waals surface area contributed by atoms with Crippen molar-refractivity contribution in [3.63, 3.8) is 0 Å². The average molecular weight is 415 g/mol. The third kappa shape index (κ3) is 5.61. The molecule has 0 unspecified atom stereocenters. The summed E-state index contributed by atoms with van der Waals surface area (Å²) >= 11 is 0. The molecule has 2 aromatic heterocycles. The van der Waals surface area contributed by atoms with Gasteiger partial charge >= 0.3 is 0 Å². The number of carbonyl (C=O) groups excluding carboxylic acids is 2. The van der Waals surface area contributed by atoms with Crippen molar-refractivity contribution in [1.82, 2.24) is 19.9 Å². The summed E-state index contributed by atoms with van der Waals surface area (Å²) in [7, 11) is 1.58. The first kappa shape index (κ1) is 21.4. The zero-order valence-electron chi connectivity index (χ0n) is 16.8. The number of nitrogens with one attached hydrogen (secondary N) is 1. The first-order chi connectivity index (χ1) is 14.6. The molecule has 1 aliphatic heterocycles. The number of ether oxygens (including phenoxy) is 2. The number of carbonyl (C=O) groups is 2. The molecule has 30 heavy (non-hydrogen) atoms. The predicted octanol–water partition coefficient (Wildman–Crippen LogP) is 0.0177. The monoisotopic (exact) mass is 415 g/mol. The zero-order chi connectivity index (χ0) is 21.3. The van der Waals surface area contributed by atoms with Crippen LogP contribution in [-0.4, -0.2) is 84.8 Å². The highest BCUT2D eigenvalue weighted by Gasteiger charge is 2.23. The molecule has 0 radical (unpaired) electrons. The Bertz CT molecular complexity index is 857. The Labute approximate surface area is 174 Å². The summed E-state index contributed by atoms with van der Waals surface area (Å²) in [6, 6.07) is 5.18. The molecule has 160 valence electrons. The minimum atomic E-state index is -0.484. The third-order valence-corrected chi connectivity index (χ3v) is 4.52. The number of nitrogen functional groups attached to an aromatic ring is 1. The molecular formula is C19H25N7O4. The molecule has 3 heterocycles. The van der Waals surface area contributed by atoms with Gasteiger partial charge in [-0.2, -0.15) is 0 Å². The number of aromatic nitrogens is 3. The molecule has 0 aromatic carbocycles. The molecule has 0 atom stereocenters. The maximum Gasteiger partial charge on any atom is 0.279 e. The summed E-state index contributed by atoms with van der Waals surface area (Å²) in [5, 5.41) is 2.65. The van der Waals surface area contributed by atoms with Gasteiger partial charge in [-0.15, -0.1) is 0 Å². The molecule has 1 saturated heterocycles. The van der Waals surface area contributed by atoms with Crippen molar-refractivity contribution in [3.05, 3.63) is 36.3 Å². The minimum Gasteiger partial charge on any atom is -0.382 e. The molecule has 3 N–H and O–H groups in total. The van der Waals surface area contributed by atoms with Gasteiger partial charge in [0.2, 0.25) is 5.91 Å². The normalized spacial score (nSPS) is 13.9. The van der Waals surface area contributed by atoms with E-state index in [0.29, 0.717) is 51.0 Å². The highest BCUT2D eigenvalue weighted by molar-refractivity contribution is 6.05. The number of pyridine rings is 1. The summed E-state index contributed by atoms with van der Waals surface area (Å²) in [6.07, 6.45) is 3.10. The predicted molar refractivity (Wildman–Crippen MR) is 110 cm³/mol. The number of rotatable bonds is 8. The molecule has 0 aliphatic carbocycles. The minimum absolute atomic E-state index is 0.0306. The maximum atomic E-state index is 12.5. The fourth-order valence-corrected chi connectivity index (χ4v) is 2.90. The van der Waals surface area contributed by atoms with Crippen molar-refractivity contribution in [2.45, 2.75) is 0 Å². The van der Waals surface area contributed by atoms with Crippen molar-refractivity contribution in [3.8, 4) is 0 Å². The summed E-state index contributed by atoms with van der Waals surface area (Å²) in [6.45, 7) is 3.03. The van der Waals surface area contributed by atoms with E-state index in [4.69, 9.17) is 15.2 Å². The van der Waals surface area contributed by atoms with Gasteiger partial charge in [0, 0.05) is 39.5 Å². The molecule has 0 bridgehead atoms. The van der Waals surface area contributed by atoms with Gasteiger partial charge in [-0.3, -0.25) is 9.59 Å². The van der Waals surface area contributed by atoms with Crippen molar-refractivity contribution in [2.75, 3.05) is 69.1 Å². The molecule has 1 aliphatic rings. The first-order valence-electron chi connectivity index (χ1n) is 9.53. The second kappa shape index (κ2) is 10.5. The van der Waals surface area contributed by atoms with Crippen LogP contribution in [0.3, 0.4) is 0 Å². The van der Waals surface area contributed by atoms with E-state index in [1.165, 1.54) is 6.20 Å². The maximum absolute atomic E-state index is 12.5. The standard InChI is InChI=1S/C19H25N7O4/c1-29-10-11-30-13-16(27)26-8-6-25(7-9-26)15-12-22-18(20)17(24-15)19(28)23-14-4-2-3-5-21-14/h2-5,12H,6-11,13H2,1H3,(H2,20,22)(H,21,23,28). The lowest BCUT2D eigenvalue weighted by Gasteiger charge is -2.35. The van der Waals surface area contributed by atoms with Gasteiger partial charge in [0.1, 0.15) is 18.2 Å². The highest BCUT2D eigenvalue weighted by Crippen LogP contribution is 2.17. The van der Waals surface area contributed by atoms with Gasteiger partial charge in [-0.25, -0.2) is 15.0 Å². The van der Waals surface area contributed by atoms with Crippen LogP contribution in [0.1, 0.15) is 10.5 Å². The third-order valence-electron chi connectivity index (χ3n) is 4.52. The summed E-state index contributed by atoms with van der Waals surface area (Å²) in [5.74, 6) is 0.411. The Kier molecular flexibility index (Phi) is 7.46. The Balaban J connectivity index is 1.58. The quantitative estimate of drug-likeness (QED) is 0.572. The lowest BCUT2D eigenvalue weighted by molar-refractivity contribution is -0.136. The highest BCUT2D eigenvalue weighted by atomic mass is 16.5. The van der Waals surface area contributed by atoms with Crippen LogP contribution in [0.5, 0.6) is 0 Å². The van der Waals surface area contributed by atoms with Crippen LogP contribution >= 0.6 is 0 Å². The van der Waals surface area contributed by atoms with E-state index in [0.717, 1.165) is 0 Å². The van der Waals surface area contributed by atoms with E-state index in [1.54, 1.807) is 36.4 Å². The average Bonchev–Trinajstić information content (AvgIpc) is 2.77. The Hall–Kier alpha value is -3.31. The molecule has 2 amide bonds. The molecule has 0 saturated carbocycles. The van der Waals surface area contributed by atoms with Gasteiger partial charge < -0.3 is 30.3 Å². The van der Waals surface area contributed by atoms with Gasteiger partial charge in [0.25, 0.3) is 5.91 Å². The van der Waals surface area contributed by atoms with Gasteiger partial charge in [-0.1, -0.05) is 6.07 Å². The summed E-state index contributed by atoms with van der Waals surface area (Å²) < 4.78 is 10.2. The lowest BCUT2D eigenvalue weighted by atomic mass is 10.3. The number of anilines is 3. The van der Waals surface area contributed by atoms with Gasteiger partial charge in [0.05, 0.1) is 19.4 Å². The number of hydrogen-bond acceptors (Lipinski definition) is 9. The van der Waals surface area contributed by atoms with Crippen LogP contribution in [0.2, 0.25) is 0 Å². The zero-order valence-corrected chi connectivity index (χ0v) is 16.8. The second-order valence-electron chi connectivity index (χ2n) is 6.54. The molecule has 2 aromatic rings. The van der Waals surface area contributed by atoms with Crippen LogP contribution in [0.25, 0.3) is 0 Å². The number of methoxy groups -OCH3 is 1. The molecule has 3 rings (SSSR count). The van der Waals surface area contributed by atoms with E-state index < -0.39 is 5.91 Å². The Morgan fingerprint density at radius 3 is 2.67 bits per heavy atom. The molecule has 11 heteroatoms. The van der Waals surface area contributed by atoms with E-state index in [9.17, 15) is 9.59 Å². The fourth-order valence-electron chi connectivity index (χ4n) is 2.90. The van der Waals surface area contributed by atoms with Crippen molar-refractivity contribution < 1.29 is 19.1 Å². The number of nitrogens with zero attached hydrogens (tertiary/aromatic N) is 5. The lowest BCUT2D eigenvalue weighted by Crippen LogP contribution is -2.50. The molecular weight excluding hydrogens is 390 g/mol. The van der Waals surface area contributed by atoms with E-state index in [-0.39, 0.29) is 24.0 Å². The van der Waals surface area contributed by atoms with Crippen LogP contribution in [0.15, 0.2) is 30.6 Å². The van der Waals surface area contributed by atoms with Gasteiger partial charge in [-0.05, 0) is 12.1 Å². The van der Waals surface area contributed by atoms with E-state index in [2.05, 4.69) is 20.3 Å². The fraction of sp³-hybridized carbons (Fsp3) is 0.421. The number of hydrogen-bond donors (Lipinski definition) is 2. The van der Waals surface area contributed by atoms with Crippen LogP contribution < -0.4 is 16.0 Å². The van der Waals surface area contributed by atoms with E-state index in [1.807, 2.05) is 4.90 Å². The molecule has 0 spiro atoms. The number of nitrogens with two attached hydrogens (primary N) is 1. The van der Waals surface area contributed by atoms with Crippen LogP contribution in [-0.2, 0) is 14.3 Å².